The van der Waals surface area contributed by atoms with E-state index in [9.17, 15) is 9.90 Å². The molecule has 9 heteroatoms. The van der Waals surface area contributed by atoms with Gasteiger partial charge in [0, 0.05) is 10.4 Å². The molecule has 124 valence electrons. The van der Waals surface area contributed by atoms with Crippen molar-refractivity contribution in [2.45, 2.75) is 6.92 Å². The van der Waals surface area contributed by atoms with E-state index in [2.05, 4.69) is 9.97 Å². The number of nitrogens with zero attached hydrogens (tertiary/aromatic N) is 2. The zero-order valence-corrected chi connectivity index (χ0v) is 14.7. The number of esters is 1. The number of ether oxygens (including phenoxy) is 1. The van der Waals surface area contributed by atoms with Gasteiger partial charge in [0.1, 0.15) is 15.5 Å². The SMILES string of the molecule is CCOC(=O)c1cc2c(-c3c(O)cc(Cl)cc3Cl)nc(N)nc2s1. The summed E-state index contributed by atoms with van der Waals surface area (Å²) in [5, 5.41) is 11.3. The quantitative estimate of drug-likeness (QED) is 0.659. The third-order valence-electron chi connectivity index (χ3n) is 3.16. The summed E-state index contributed by atoms with van der Waals surface area (Å²) in [5.41, 5.74) is 6.35. The lowest BCUT2D eigenvalue weighted by Crippen LogP contribution is -2.01. The highest BCUT2D eigenvalue weighted by Gasteiger charge is 2.20. The van der Waals surface area contributed by atoms with Gasteiger partial charge >= 0.3 is 5.97 Å². The topological polar surface area (TPSA) is 98.3 Å². The number of aromatic hydroxyl groups is 1. The number of phenols is 1. The molecular formula is C15H11Cl2N3O3S. The van der Waals surface area contributed by atoms with Crippen molar-refractivity contribution < 1.29 is 14.6 Å². The van der Waals surface area contributed by atoms with Crippen molar-refractivity contribution in [3.05, 3.63) is 33.1 Å². The number of anilines is 1. The van der Waals surface area contributed by atoms with Crippen LogP contribution in [0.3, 0.4) is 0 Å². The van der Waals surface area contributed by atoms with Crippen LogP contribution in [0.15, 0.2) is 18.2 Å². The van der Waals surface area contributed by atoms with Crippen LogP contribution in [0.4, 0.5) is 5.95 Å². The number of benzene rings is 1. The number of thiophene rings is 1. The lowest BCUT2D eigenvalue weighted by molar-refractivity contribution is 0.0532. The van der Waals surface area contributed by atoms with Gasteiger partial charge in [0.15, 0.2) is 0 Å². The van der Waals surface area contributed by atoms with E-state index in [4.69, 9.17) is 33.7 Å². The number of nitrogen functional groups attached to an aromatic ring is 1. The second kappa shape index (κ2) is 6.43. The van der Waals surface area contributed by atoms with Gasteiger partial charge in [-0.15, -0.1) is 11.3 Å². The molecule has 0 bridgehead atoms. The van der Waals surface area contributed by atoms with Gasteiger partial charge in [0.25, 0.3) is 0 Å². The fourth-order valence-electron chi connectivity index (χ4n) is 2.23. The Hall–Kier alpha value is -2.09. The zero-order valence-electron chi connectivity index (χ0n) is 12.3. The highest BCUT2D eigenvalue weighted by molar-refractivity contribution is 7.20. The van der Waals surface area contributed by atoms with Gasteiger partial charge < -0.3 is 15.6 Å². The van der Waals surface area contributed by atoms with E-state index < -0.39 is 5.97 Å². The maximum absolute atomic E-state index is 11.9. The molecule has 0 fully saturated rings. The number of phenolic OH excluding ortho intramolecular Hbond substituents is 1. The summed E-state index contributed by atoms with van der Waals surface area (Å²) in [6.07, 6.45) is 0. The van der Waals surface area contributed by atoms with Gasteiger partial charge in [-0.25, -0.2) is 14.8 Å². The molecule has 0 aliphatic carbocycles. The second-order valence-corrected chi connectivity index (χ2v) is 6.64. The lowest BCUT2D eigenvalue weighted by atomic mass is 10.1. The van der Waals surface area contributed by atoms with Crippen LogP contribution in [-0.2, 0) is 4.74 Å². The second-order valence-electron chi connectivity index (χ2n) is 4.76. The van der Waals surface area contributed by atoms with Gasteiger partial charge in [0.2, 0.25) is 5.95 Å². The summed E-state index contributed by atoms with van der Waals surface area (Å²) in [6.45, 7) is 1.98. The van der Waals surface area contributed by atoms with Crippen molar-refractivity contribution >= 4 is 56.7 Å². The summed E-state index contributed by atoms with van der Waals surface area (Å²) < 4.78 is 5.00. The number of fused-ring (bicyclic) bond motifs is 1. The molecular weight excluding hydrogens is 373 g/mol. The van der Waals surface area contributed by atoms with E-state index in [1.54, 1.807) is 13.0 Å². The van der Waals surface area contributed by atoms with Crippen molar-refractivity contribution in [3.8, 4) is 17.0 Å². The molecule has 0 amide bonds. The normalized spacial score (nSPS) is 11.0. The van der Waals surface area contributed by atoms with Gasteiger partial charge in [-0.2, -0.15) is 0 Å². The van der Waals surface area contributed by atoms with Crippen LogP contribution in [0.1, 0.15) is 16.6 Å². The molecule has 3 aromatic rings. The first-order chi connectivity index (χ1) is 11.4. The van der Waals surface area contributed by atoms with Crippen LogP contribution in [0.5, 0.6) is 5.75 Å². The molecule has 0 radical (unpaired) electrons. The Kier molecular flexibility index (Phi) is 4.49. The van der Waals surface area contributed by atoms with Gasteiger partial charge in [0.05, 0.1) is 22.9 Å². The first-order valence-electron chi connectivity index (χ1n) is 6.83. The third kappa shape index (κ3) is 2.98. The number of hydrogen-bond donors (Lipinski definition) is 2. The monoisotopic (exact) mass is 383 g/mol. The molecule has 0 aliphatic heterocycles. The predicted octanol–water partition coefficient (Wildman–Crippen LogP) is 4.13. The van der Waals surface area contributed by atoms with Crippen LogP contribution < -0.4 is 5.73 Å². The van der Waals surface area contributed by atoms with Crippen LogP contribution in [0.2, 0.25) is 10.0 Å². The number of nitrogens with two attached hydrogens (primary N) is 1. The first kappa shape index (κ1) is 16.8. The standard InChI is InChI=1S/C15H11Cl2N3O3S/c1-2-23-14(22)10-5-7-12(19-15(18)20-13(7)24-10)11-8(17)3-6(16)4-9(11)21/h3-5,21H,2H2,1H3,(H2,18,19,20). The van der Waals surface area contributed by atoms with E-state index >= 15 is 0 Å². The fourth-order valence-corrected chi connectivity index (χ4v) is 3.73. The highest BCUT2D eigenvalue weighted by Crippen LogP contribution is 2.42. The summed E-state index contributed by atoms with van der Waals surface area (Å²) in [4.78, 5) is 21.1. The number of rotatable bonds is 3. The molecule has 0 unspecified atom stereocenters. The Bertz CT molecular complexity index is 936. The number of aromatic nitrogens is 2. The maximum atomic E-state index is 11.9. The van der Waals surface area contributed by atoms with E-state index in [1.807, 2.05) is 0 Å². The van der Waals surface area contributed by atoms with E-state index in [-0.39, 0.29) is 33.9 Å². The Labute approximate surface area is 150 Å². The maximum Gasteiger partial charge on any atom is 0.348 e. The average Bonchev–Trinajstić information content (AvgIpc) is 2.90. The number of carbonyl (C=O) groups excluding carboxylic acids is 1. The van der Waals surface area contributed by atoms with Crippen molar-refractivity contribution in [1.29, 1.82) is 0 Å². The number of halogens is 2. The summed E-state index contributed by atoms with van der Waals surface area (Å²) in [6, 6.07) is 4.43. The van der Waals surface area contributed by atoms with Crippen LogP contribution >= 0.6 is 34.5 Å². The van der Waals surface area contributed by atoms with Crippen molar-refractivity contribution in [3.63, 3.8) is 0 Å². The fraction of sp³-hybridized carbons (Fsp3) is 0.133. The molecule has 2 aromatic heterocycles. The van der Waals surface area contributed by atoms with Gasteiger partial charge in [-0.3, -0.25) is 0 Å². The molecule has 3 N–H and O–H groups in total. The summed E-state index contributed by atoms with van der Waals surface area (Å²) in [5.74, 6) is -0.604. The smallest absolute Gasteiger partial charge is 0.348 e. The minimum absolute atomic E-state index is 0.000163. The largest absolute Gasteiger partial charge is 0.507 e. The van der Waals surface area contributed by atoms with Crippen molar-refractivity contribution in [2.75, 3.05) is 12.3 Å². The molecule has 24 heavy (non-hydrogen) atoms. The third-order valence-corrected chi connectivity index (χ3v) is 4.68. The minimum Gasteiger partial charge on any atom is -0.507 e. The number of carbonyl (C=O) groups is 1. The Morgan fingerprint density at radius 1 is 1.33 bits per heavy atom. The van der Waals surface area contributed by atoms with Crippen LogP contribution in [0, 0.1) is 0 Å². The molecule has 2 heterocycles. The predicted molar refractivity (Wildman–Crippen MR) is 94.9 cm³/mol. The molecule has 0 aliphatic rings. The van der Waals surface area contributed by atoms with Crippen LogP contribution in [-0.4, -0.2) is 27.7 Å². The molecule has 6 nitrogen and oxygen atoms in total. The van der Waals surface area contributed by atoms with Crippen LogP contribution in [0.25, 0.3) is 21.5 Å². The van der Waals surface area contributed by atoms with Crippen molar-refractivity contribution in [2.24, 2.45) is 0 Å². The molecule has 0 saturated heterocycles. The highest BCUT2D eigenvalue weighted by atomic mass is 35.5. The summed E-state index contributed by atoms with van der Waals surface area (Å²) in [7, 11) is 0. The lowest BCUT2D eigenvalue weighted by Gasteiger charge is -2.09. The Morgan fingerprint density at radius 2 is 2.08 bits per heavy atom. The minimum atomic E-state index is -0.462. The average molecular weight is 384 g/mol. The van der Waals surface area contributed by atoms with E-state index in [0.717, 1.165) is 11.3 Å². The van der Waals surface area contributed by atoms with Crippen molar-refractivity contribution in [1.82, 2.24) is 9.97 Å². The molecule has 0 spiro atoms. The number of hydrogen-bond acceptors (Lipinski definition) is 7. The molecule has 0 atom stereocenters. The van der Waals surface area contributed by atoms with Gasteiger partial charge in [-0.05, 0) is 25.1 Å². The zero-order chi connectivity index (χ0) is 17.4. The molecule has 0 saturated carbocycles. The van der Waals surface area contributed by atoms with E-state index in [0.29, 0.717) is 20.8 Å². The Morgan fingerprint density at radius 3 is 2.75 bits per heavy atom. The van der Waals surface area contributed by atoms with Gasteiger partial charge in [-0.1, -0.05) is 23.2 Å². The Balaban J connectivity index is 2.27. The van der Waals surface area contributed by atoms with E-state index in [1.165, 1.54) is 12.1 Å². The molecule has 3 rings (SSSR count). The summed E-state index contributed by atoms with van der Waals surface area (Å²) >= 11 is 13.2. The first-order valence-corrected chi connectivity index (χ1v) is 8.40. The molecule has 1 aromatic carbocycles.